The number of hydrogen-bond acceptors (Lipinski definition) is 5. The Hall–Kier alpha value is -3.26. The van der Waals surface area contributed by atoms with E-state index in [0.717, 1.165) is 17.0 Å². The first-order chi connectivity index (χ1) is 12.7. The van der Waals surface area contributed by atoms with E-state index in [1.54, 1.807) is 0 Å². The van der Waals surface area contributed by atoms with Crippen LogP contribution in [-0.2, 0) is 0 Å². The molecule has 0 saturated carbocycles. The second-order valence-electron chi connectivity index (χ2n) is 5.62. The number of halogens is 2. The minimum absolute atomic E-state index is 0.0146. The van der Waals surface area contributed by atoms with E-state index in [4.69, 9.17) is 0 Å². The SMILES string of the molecule is Fc1cccc(-c2nnc3sc(-c4ccc5ccccc5n4)nn23)c1F. The lowest BCUT2D eigenvalue weighted by Crippen LogP contribution is -1.96. The van der Waals surface area contributed by atoms with Crippen molar-refractivity contribution in [3.05, 3.63) is 66.2 Å². The van der Waals surface area contributed by atoms with Crippen molar-refractivity contribution in [3.8, 4) is 22.1 Å². The molecule has 0 N–H and O–H groups in total. The maximum atomic E-state index is 14.1. The molecule has 0 fully saturated rings. The zero-order chi connectivity index (χ0) is 17.7. The first-order valence-corrected chi connectivity index (χ1v) is 8.55. The highest BCUT2D eigenvalue weighted by Gasteiger charge is 2.19. The third-order valence-electron chi connectivity index (χ3n) is 4.00. The number of nitrogens with zero attached hydrogens (tertiary/aromatic N) is 5. The molecule has 0 aliphatic rings. The summed E-state index contributed by atoms with van der Waals surface area (Å²) in [6.07, 6.45) is 0. The average Bonchev–Trinajstić information content (AvgIpc) is 3.25. The molecule has 3 aromatic heterocycles. The number of pyridine rings is 1. The first-order valence-electron chi connectivity index (χ1n) is 7.73. The molecule has 0 radical (unpaired) electrons. The van der Waals surface area contributed by atoms with Crippen LogP contribution in [0.25, 0.3) is 38.0 Å². The second kappa shape index (κ2) is 5.63. The monoisotopic (exact) mass is 365 g/mol. The largest absolute Gasteiger partial charge is 0.245 e. The van der Waals surface area contributed by atoms with Gasteiger partial charge in [0.05, 0.1) is 11.1 Å². The molecule has 5 rings (SSSR count). The average molecular weight is 365 g/mol. The van der Waals surface area contributed by atoms with E-state index in [2.05, 4.69) is 20.3 Å². The molecule has 0 unspecified atom stereocenters. The van der Waals surface area contributed by atoms with Crippen molar-refractivity contribution >= 4 is 27.2 Å². The van der Waals surface area contributed by atoms with E-state index in [1.165, 1.54) is 28.0 Å². The number of para-hydroxylation sites is 1. The quantitative estimate of drug-likeness (QED) is 0.467. The summed E-state index contributed by atoms with van der Waals surface area (Å²) in [4.78, 5) is 5.09. The minimum atomic E-state index is -0.972. The minimum Gasteiger partial charge on any atom is -0.245 e. The van der Waals surface area contributed by atoms with E-state index in [9.17, 15) is 8.78 Å². The number of fused-ring (bicyclic) bond motifs is 2. The molecule has 8 heteroatoms. The summed E-state index contributed by atoms with van der Waals surface area (Å²) < 4.78 is 29.0. The number of hydrogen-bond donors (Lipinski definition) is 0. The lowest BCUT2D eigenvalue weighted by atomic mass is 10.2. The Bertz CT molecular complexity index is 1280. The van der Waals surface area contributed by atoms with Crippen LogP contribution in [0.3, 0.4) is 0 Å². The summed E-state index contributed by atoms with van der Waals surface area (Å²) in [5.74, 6) is -1.76. The normalized spacial score (nSPS) is 11.5. The Morgan fingerprint density at radius 2 is 1.77 bits per heavy atom. The summed E-state index contributed by atoms with van der Waals surface area (Å²) >= 11 is 1.28. The summed E-state index contributed by atoms with van der Waals surface area (Å²) in [6, 6.07) is 15.5. The van der Waals surface area contributed by atoms with Crippen LogP contribution in [0, 0.1) is 11.6 Å². The van der Waals surface area contributed by atoms with Crippen LogP contribution in [0.5, 0.6) is 0 Å². The molecule has 0 spiro atoms. The molecule has 0 aliphatic heterocycles. The van der Waals surface area contributed by atoms with Gasteiger partial charge in [-0.2, -0.15) is 9.61 Å². The molecule has 5 nitrogen and oxygen atoms in total. The van der Waals surface area contributed by atoms with Crippen molar-refractivity contribution in [3.63, 3.8) is 0 Å². The topological polar surface area (TPSA) is 56.0 Å². The van der Waals surface area contributed by atoms with Gasteiger partial charge in [0.15, 0.2) is 22.5 Å². The predicted octanol–water partition coefficient (Wildman–Crippen LogP) is 4.35. The van der Waals surface area contributed by atoms with Gasteiger partial charge in [-0.15, -0.1) is 10.2 Å². The van der Waals surface area contributed by atoms with Crippen molar-refractivity contribution in [2.75, 3.05) is 0 Å². The standard InChI is InChI=1S/C18H9F2N5S/c19-12-6-3-5-11(15(12)20)16-22-23-18-25(16)24-17(26-18)14-9-8-10-4-1-2-7-13(10)21-14/h1-9H. The van der Waals surface area contributed by atoms with Crippen molar-refractivity contribution < 1.29 is 8.78 Å². The third kappa shape index (κ3) is 2.26. The zero-order valence-electron chi connectivity index (χ0n) is 13.1. The van der Waals surface area contributed by atoms with Gasteiger partial charge >= 0.3 is 0 Å². The van der Waals surface area contributed by atoms with Crippen molar-refractivity contribution in [2.24, 2.45) is 0 Å². The van der Waals surface area contributed by atoms with Gasteiger partial charge in [0.1, 0.15) is 5.69 Å². The van der Waals surface area contributed by atoms with Gasteiger partial charge in [0, 0.05) is 5.39 Å². The molecule has 5 aromatic rings. The molecule has 0 bridgehead atoms. The summed E-state index contributed by atoms with van der Waals surface area (Å²) in [5, 5.41) is 14.1. The van der Waals surface area contributed by atoms with Crippen molar-refractivity contribution in [1.82, 2.24) is 24.8 Å². The molecule has 0 aliphatic carbocycles. The van der Waals surface area contributed by atoms with Crippen LogP contribution in [-0.4, -0.2) is 24.8 Å². The van der Waals surface area contributed by atoms with E-state index in [-0.39, 0.29) is 11.4 Å². The highest BCUT2D eigenvalue weighted by Crippen LogP contribution is 2.29. The zero-order valence-corrected chi connectivity index (χ0v) is 13.9. The lowest BCUT2D eigenvalue weighted by Gasteiger charge is -2.00. The number of rotatable bonds is 2. The van der Waals surface area contributed by atoms with Gasteiger partial charge in [0.25, 0.3) is 0 Å². The second-order valence-corrected chi connectivity index (χ2v) is 6.57. The highest BCUT2D eigenvalue weighted by molar-refractivity contribution is 7.19. The van der Waals surface area contributed by atoms with Crippen LogP contribution in [0.15, 0.2) is 54.6 Å². The van der Waals surface area contributed by atoms with Crippen LogP contribution < -0.4 is 0 Å². The van der Waals surface area contributed by atoms with Gasteiger partial charge in [-0.3, -0.25) is 0 Å². The van der Waals surface area contributed by atoms with Gasteiger partial charge < -0.3 is 0 Å². The number of benzene rings is 2. The van der Waals surface area contributed by atoms with Crippen molar-refractivity contribution in [2.45, 2.75) is 0 Å². The smallest absolute Gasteiger partial charge is 0.235 e. The van der Waals surface area contributed by atoms with Crippen LogP contribution >= 0.6 is 11.3 Å². The lowest BCUT2D eigenvalue weighted by molar-refractivity contribution is 0.510. The Morgan fingerprint density at radius 3 is 2.69 bits per heavy atom. The van der Waals surface area contributed by atoms with E-state index in [0.29, 0.717) is 15.7 Å². The van der Waals surface area contributed by atoms with E-state index < -0.39 is 11.6 Å². The Labute approximate surface area is 149 Å². The van der Waals surface area contributed by atoms with E-state index in [1.807, 2.05) is 36.4 Å². The van der Waals surface area contributed by atoms with Gasteiger partial charge in [-0.25, -0.2) is 13.8 Å². The molecule has 3 heterocycles. The Balaban J connectivity index is 1.66. The number of aromatic nitrogens is 5. The molecule has 0 amide bonds. The summed E-state index contributed by atoms with van der Waals surface area (Å²) in [6.45, 7) is 0. The van der Waals surface area contributed by atoms with Gasteiger partial charge in [0.2, 0.25) is 4.96 Å². The fourth-order valence-electron chi connectivity index (χ4n) is 2.75. The molecule has 0 saturated heterocycles. The predicted molar refractivity (Wildman–Crippen MR) is 94.7 cm³/mol. The molecule has 2 aromatic carbocycles. The molecule has 0 atom stereocenters. The van der Waals surface area contributed by atoms with Crippen LogP contribution in [0.4, 0.5) is 8.78 Å². The molecule has 26 heavy (non-hydrogen) atoms. The van der Waals surface area contributed by atoms with Crippen LogP contribution in [0.2, 0.25) is 0 Å². The summed E-state index contributed by atoms with van der Waals surface area (Å²) in [7, 11) is 0. The Kier molecular flexibility index (Phi) is 3.26. The van der Waals surface area contributed by atoms with Crippen LogP contribution in [0.1, 0.15) is 0 Å². The highest BCUT2D eigenvalue weighted by atomic mass is 32.1. The fourth-order valence-corrected chi connectivity index (χ4v) is 3.56. The molecular weight excluding hydrogens is 356 g/mol. The first kappa shape index (κ1) is 15.0. The fraction of sp³-hybridized carbons (Fsp3) is 0. The maximum absolute atomic E-state index is 14.1. The Morgan fingerprint density at radius 1 is 0.885 bits per heavy atom. The maximum Gasteiger partial charge on any atom is 0.235 e. The molecular formula is C18H9F2N5S. The third-order valence-corrected chi connectivity index (χ3v) is 4.92. The summed E-state index contributed by atoms with van der Waals surface area (Å²) in [5.41, 5.74) is 1.55. The van der Waals surface area contributed by atoms with E-state index >= 15 is 0 Å². The van der Waals surface area contributed by atoms with Gasteiger partial charge in [-0.05, 0) is 24.3 Å². The molecule has 126 valence electrons. The van der Waals surface area contributed by atoms with Crippen molar-refractivity contribution in [1.29, 1.82) is 0 Å². The van der Waals surface area contributed by atoms with Gasteiger partial charge in [-0.1, -0.05) is 41.7 Å².